The van der Waals surface area contributed by atoms with E-state index in [2.05, 4.69) is 10.3 Å². The number of anilines is 1. The Morgan fingerprint density at radius 2 is 1.73 bits per heavy atom. The molecule has 13 nitrogen and oxygen atoms in total. The number of benzene rings is 2. The van der Waals surface area contributed by atoms with Crippen LogP contribution in [-0.4, -0.2) is 65.5 Å². The topological polar surface area (TPSA) is 206 Å². The van der Waals surface area contributed by atoms with Crippen molar-refractivity contribution in [2.75, 3.05) is 18.5 Å². The number of nitrogens with two attached hydrogens (primary N) is 1. The lowest BCUT2D eigenvalue weighted by Gasteiger charge is -2.29. The van der Waals surface area contributed by atoms with Crippen molar-refractivity contribution < 1.29 is 37.4 Å². The zero-order valence-corrected chi connectivity index (χ0v) is 22.7. The predicted octanol–water partition coefficient (Wildman–Crippen LogP) is 0.777. The second-order valence-corrected chi connectivity index (χ2v) is 12.6. The first kappa shape index (κ1) is 27.6. The van der Waals surface area contributed by atoms with E-state index < -0.39 is 57.3 Å². The van der Waals surface area contributed by atoms with Gasteiger partial charge in [-0.3, -0.25) is 28.9 Å². The fourth-order valence-corrected chi connectivity index (χ4v) is 7.62. The number of rotatable bonds is 8. The van der Waals surface area contributed by atoms with Gasteiger partial charge >= 0.3 is 10.8 Å². The van der Waals surface area contributed by atoms with E-state index in [1.54, 1.807) is 24.3 Å². The van der Waals surface area contributed by atoms with Gasteiger partial charge in [0, 0.05) is 16.5 Å². The normalized spacial score (nSPS) is 20.1. The summed E-state index contributed by atoms with van der Waals surface area (Å²) in [5.41, 5.74) is 0.951. The number of likely N-dealkylation sites (tertiary alicyclic amines) is 1. The van der Waals surface area contributed by atoms with Crippen LogP contribution in [0.25, 0.3) is 0 Å². The molecule has 1 fully saturated rings. The van der Waals surface area contributed by atoms with Crippen LogP contribution in [0.4, 0.5) is 5.69 Å². The predicted molar refractivity (Wildman–Crippen MR) is 143 cm³/mol. The number of fused-ring (bicyclic) bond motifs is 2. The Morgan fingerprint density at radius 3 is 2.35 bits per heavy atom. The van der Waals surface area contributed by atoms with E-state index in [-0.39, 0.29) is 16.4 Å². The summed E-state index contributed by atoms with van der Waals surface area (Å²) in [5.74, 6) is -4.28. The van der Waals surface area contributed by atoms with Gasteiger partial charge in [0.05, 0.1) is 15.8 Å². The van der Waals surface area contributed by atoms with Crippen LogP contribution in [0.15, 0.2) is 63.2 Å². The number of primary sulfonamides is 1. The summed E-state index contributed by atoms with van der Waals surface area (Å²) < 4.78 is 28.2. The summed E-state index contributed by atoms with van der Waals surface area (Å²) in [6.45, 7) is -1.10. The Labute approximate surface area is 234 Å². The molecule has 5 rings (SSSR count). The van der Waals surface area contributed by atoms with E-state index in [4.69, 9.17) is 9.88 Å². The summed E-state index contributed by atoms with van der Waals surface area (Å²) in [5, 5.41) is 16.4. The standard InChI is InChI=1S/C24H20N4O9S3/c25-40(35,36)14-7-3-12(4-8-14)26-15(29)10-37-13-5-1-11(2-6-13)17-18-20(38-21-19(17)39-24(34)27-21)23(33)28(22(18)32)9-16(30)31/h1-8,17-18,20H,9-10H2,(H,26,29)(H,27,34)(H,30,31)(H2,25,35,36)/t17-,18?,20?/m1/s1. The van der Waals surface area contributed by atoms with E-state index in [0.717, 1.165) is 28.0 Å². The average molecular weight is 605 g/mol. The van der Waals surface area contributed by atoms with Gasteiger partial charge in [-0.25, -0.2) is 13.6 Å². The van der Waals surface area contributed by atoms with Crippen LogP contribution in [0.3, 0.4) is 0 Å². The number of sulfonamides is 1. The number of nitrogens with zero attached hydrogens (tertiary/aromatic N) is 1. The Bertz CT molecular complexity index is 1680. The molecule has 3 amide bonds. The number of ether oxygens (including phenoxy) is 1. The van der Waals surface area contributed by atoms with E-state index >= 15 is 0 Å². The van der Waals surface area contributed by atoms with Gasteiger partial charge in [0.2, 0.25) is 21.8 Å². The highest BCUT2D eigenvalue weighted by Crippen LogP contribution is 2.52. The third-order valence-electron chi connectivity index (χ3n) is 6.28. The lowest BCUT2D eigenvalue weighted by molar-refractivity contribution is -0.149. The molecule has 3 atom stereocenters. The summed E-state index contributed by atoms with van der Waals surface area (Å²) >= 11 is 1.98. The number of carbonyl (C=O) groups is 4. The van der Waals surface area contributed by atoms with Crippen LogP contribution >= 0.6 is 23.1 Å². The van der Waals surface area contributed by atoms with Gasteiger partial charge < -0.3 is 20.1 Å². The van der Waals surface area contributed by atoms with Crippen LogP contribution in [0.5, 0.6) is 5.75 Å². The molecule has 3 aromatic rings. The number of amides is 3. The molecule has 0 spiro atoms. The van der Waals surface area contributed by atoms with Gasteiger partial charge in [-0.05, 0) is 42.0 Å². The van der Waals surface area contributed by atoms with Crippen molar-refractivity contribution in [3.63, 3.8) is 0 Å². The van der Waals surface area contributed by atoms with E-state index in [1.807, 2.05) is 0 Å². The molecule has 2 aromatic carbocycles. The monoisotopic (exact) mass is 604 g/mol. The lowest BCUT2D eigenvalue weighted by atomic mass is 9.83. The van der Waals surface area contributed by atoms with Crippen LogP contribution in [0.2, 0.25) is 0 Å². The minimum Gasteiger partial charge on any atom is -0.484 e. The number of aromatic nitrogens is 1. The number of hydrogen-bond acceptors (Lipinski definition) is 10. The van der Waals surface area contributed by atoms with Crippen molar-refractivity contribution in [2.45, 2.75) is 21.1 Å². The quantitative estimate of drug-likeness (QED) is 0.266. The second-order valence-electron chi connectivity index (χ2n) is 8.88. The highest BCUT2D eigenvalue weighted by atomic mass is 32.2. The van der Waals surface area contributed by atoms with E-state index in [0.29, 0.717) is 26.9 Å². The number of aromatic amines is 1. The average Bonchev–Trinajstić information content (AvgIpc) is 3.38. The number of carbonyl (C=O) groups excluding carboxylic acids is 3. The summed E-state index contributed by atoms with van der Waals surface area (Å²) in [4.78, 5) is 65.3. The van der Waals surface area contributed by atoms with Gasteiger partial charge in [0.25, 0.3) is 5.91 Å². The fraction of sp³-hybridized carbons (Fsp3) is 0.208. The van der Waals surface area contributed by atoms with Crippen LogP contribution in [-0.2, 0) is 29.2 Å². The highest BCUT2D eigenvalue weighted by Gasteiger charge is 2.56. The Morgan fingerprint density at radius 1 is 1.05 bits per heavy atom. The second kappa shape index (κ2) is 10.5. The van der Waals surface area contributed by atoms with Gasteiger partial charge in [-0.1, -0.05) is 35.2 Å². The first-order valence-corrected chi connectivity index (χ1v) is 14.8. The molecular weight excluding hydrogens is 584 g/mol. The number of H-pyrrole nitrogens is 1. The van der Waals surface area contributed by atoms with Gasteiger partial charge in [0.1, 0.15) is 17.5 Å². The van der Waals surface area contributed by atoms with Crippen LogP contribution in [0, 0.1) is 5.92 Å². The van der Waals surface area contributed by atoms with E-state index in [1.165, 1.54) is 24.3 Å². The number of hydrogen-bond donors (Lipinski definition) is 4. The number of thiazole rings is 1. The maximum Gasteiger partial charge on any atom is 0.323 e. The molecular formula is C24H20N4O9S3. The number of carboxylic acids is 1. The molecule has 0 saturated carbocycles. The first-order chi connectivity index (χ1) is 18.9. The molecule has 5 N–H and O–H groups in total. The van der Waals surface area contributed by atoms with Crippen molar-refractivity contribution in [2.24, 2.45) is 11.1 Å². The van der Waals surface area contributed by atoms with Crippen LogP contribution in [0.1, 0.15) is 16.4 Å². The molecule has 2 unspecified atom stereocenters. The maximum absolute atomic E-state index is 13.2. The summed E-state index contributed by atoms with van der Waals surface area (Å²) in [6, 6.07) is 11.8. The van der Waals surface area contributed by atoms with Gasteiger partial charge in [-0.15, -0.1) is 0 Å². The Hall–Kier alpha value is -3.99. The molecule has 1 saturated heterocycles. The third-order valence-corrected chi connectivity index (χ3v) is 9.61. The van der Waals surface area contributed by atoms with E-state index in [9.17, 15) is 37.5 Å². The molecule has 0 radical (unpaired) electrons. The van der Waals surface area contributed by atoms with Crippen molar-refractivity contribution in [1.82, 2.24) is 9.88 Å². The van der Waals surface area contributed by atoms with Crippen molar-refractivity contribution in [3.05, 3.63) is 68.6 Å². The number of carboxylic acid groups (broad SMARTS) is 1. The Kier molecular flexibility index (Phi) is 7.26. The van der Waals surface area contributed by atoms with Gasteiger partial charge in [-0.2, -0.15) is 0 Å². The molecule has 16 heteroatoms. The molecule has 0 aliphatic carbocycles. The molecule has 208 valence electrons. The highest BCUT2D eigenvalue weighted by molar-refractivity contribution is 8.00. The SMILES string of the molecule is NS(=O)(=O)c1ccc(NC(=O)COc2ccc([C@H]3c4sc(=O)[nH]c4SC4C(=O)N(CC(=O)O)C(=O)C43)cc2)cc1. The van der Waals surface area contributed by atoms with Gasteiger partial charge in [0.15, 0.2) is 6.61 Å². The molecule has 2 aliphatic heterocycles. The summed E-state index contributed by atoms with van der Waals surface area (Å²) in [7, 11) is -3.86. The Balaban J connectivity index is 1.31. The smallest absolute Gasteiger partial charge is 0.323 e. The first-order valence-electron chi connectivity index (χ1n) is 11.5. The van der Waals surface area contributed by atoms with Crippen molar-refractivity contribution >= 4 is 62.5 Å². The zero-order valence-electron chi connectivity index (χ0n) is 20.2. The van der Waals surface area contributed by atoms with Crippen molar-refractivity contribution in [3.8, 4) is 5.75 Å². The molecule has 2 aliphatic rings. The minimum absolute atomic E-state index is 0.0954. The number of nitrogens with one attached hydrogen (secondary N) is 2. The number of imide groups is 1. The maximum atomic E-state index is 13.2. The zero-order chi connectivity index (χ0) is 28.8. The summed E-state index contributed by atoms with van der Waals surface area (Å²) in [6.07, 6.45) is 0. The number of aliphatic carboxylic acids is 1. The largest absolute Gasteiger partial charge is 0.484 e. The third kappa shape index (κ3) is 5.38. The minimum atomic E-state index is -3.86. The molecule has 1 aromatic heterocycles. The molecule has 3 heterocycles. The van der Waals surface area contributed by atoms with Crippen LogP contribution < -0.4 is 20.1 Å². The fourth-order valence-electron chi connectivity index (χ4n) is 4.57. The van der Waals surface area contributed by atoms with Crippen molar-refractivity contribution in [1.29, 1.82) is 0 Å². The molecule has 0 bridgehead atoms. The molecule has 40 heavy (non-hydrogen) atoms. The number of thioether (sulfide) groups is 1. The lowest BCUT2D eigenvalue weighted by Crippen LogP contribution is -2.36.